The number of aryl methyl sites for hydroxylation is 1. The molecule has 0 amide bonds. The zero-order valence-electron chi connectivity index (χ0n) is 14.0. The molecule has 1 rings (SSSR count). The summed E-state index contributed by atoms with van der Waals surface area (Å²) < 4.78 is 36.7. The van der Waals surface area contributed by atoms with Gasteiger partial charge in [-0.3, -0.25) is 0 Å². The summed E-state index contributed by atoms with van der Waals surface area (Å²) in [5, 5.41) is 8.49. The lowest BCUT2D eigenvalue weighted by Gasteiger charge is -2.21. The first-order valence-corrected chi connectivity index (χ1v) is 8.47. The van der Waals surface area contributed by atoms with E-state index in [1.165, 1.54) is 7.05 Å². The van der Waals surface area contributed by atoms with Crippen molar-refractivity contribution < 1.29 is 27.8 Å². The SMILES string of the molecule is COc1c(C)cc(S(=O)(=O)N(C)CCOCC(=O)O)c(C)c1C. The minimum atomic E-state index is -3.69. The van der Waals surface area contributed by atoms with Crippen LogP contribution in [0, 0.1) is 20.8 Å². The molecule has 1 N–H and O–H groups in total. The van der Waals surface area contributed by atoms with Crippen molar-refractivity contribution in [3.63, 3.8) is 0 Å². The Balaban J connectivity index is 3.02. The first-order chi connectivity index (χ1) is 10.6. The highest BCUT2D eigenvalue weighted by Gasteiger charge is 2.25. The van der Waals surface area contributed by atoms with Crippen LogP contribution >= 0.6 is 0 Å². The molecule has 0 aliphatic rings. The van der Waals surface area contributed by atoms with E-state index < -0.39 is 22.6 Å². The van der Waals surface area contributed by atoms with Gasteiger partial charge in [0.2, 0.25) is 10.0 Å². The molecule has 0 aliphatic carbocycles. The van der Waals surface area contributed by atoms with Gasteiger partial charge in [0, 0.05) is 13.6 Å². The number of ether oxygens (including phenoxy) is 2. The van der Waals surface area contributed by atoms with Gasteiger partial charge in [-0.25, -0.2) is 13.2 Å². The number of carbonyl (C=O) groups is 1. The van der Waals surface area contributed by atoms with Gasteiger partial charge in [-0.1, -0.05) is 0 Å². The van der Waals surface area contributed by atoms with Gasteiger partial charge in [0.05, 0.1) is 18.6 Å². The molecule has 0 atom stereocenters. The first-order valence-electron chi connectivity index (χ1n) is 7.03. The Morgan fingerprint density at radius 1 is 1.26 bits per heavy atom. The van der Waals surface area contributed by atoms with Crippen molar-refractivity contribution in [3.8, 4) is 5.75 Å². The summed E-state index contributed by atoms with van der Waals surface area (Å²) >= 11 is 0. The van der Waals surface area contributed by atoms with Crippen LogP contribution in [0.4, 0.5) is 0 Å². The topological polar surface area (TPSA) is 93.1 Å². The molecule has 0 unspecified atom stereocenters. The Hall–Kier alpha value is -1.64. The maximum absolute atomic E-state index is 12.7. The number of hydrogen-bond acceptors (Lipinski definition) is 5. The molecule has 23 heavy (non-hydrogen) atoms. The molecule has 0 aromatic heterocycles. The third-order valence-electron chi connectivity index (χ3n) is 3.65. The van der Waals surface area contributed by atoms with E-state index in [9.17, 15) is 13.2 Å². The van der Waals surface area contributed by atoms with E-state index in [0.29, 0.717) is 11.3 Å². The molecule has 0 spiro atoms. The maximum atomic E-state index is 12.7. The summed E-state index contributed by atoms with van der Waals surface area (Å²) in [4.78, 5) is 10.6. The van der Waals surface area contributed by atoms with Gasteiger partial charge in [0.15, 0.2) is 0 Å². The second kappa shape index (κ2) is 7.76. The van der Waals surface area contributed by atoms with Crippen LogP contribution in [-0.4, -0.2) is 57.7 Å². The normalized spacial score (nSPS) is 11.7. The van der Waals surface area contributed by atoms with Crippen LogP contribution in [0.2, 0.25) is 0 Å². The predicted molar refractivity (Wildman–Crippen MR) is 85.5 cm³/mol. The molecular formula is C15H23NO6S. The molecule has 0 bridgehead atoms. The van der Waals surface area contributed by atoms with Crippen molar-refractivity contribution in [2.45, 2.75) is 25.7 Å². The predicted octanol–water partition coefficient (Wildman–Crippen LogP) is 1.34. The number of rotatable bonds is 8. The second-order valence-electron chi connectivity index (χ2n) is 5.25. The van der Waals surface area contributed by atoms with E-state index in [0.717, 1.165) is 15.4 Å². The minimum Gasteiger partial charge on any atom is -0.496 e. The fraction of sp³-hybridized carbons (Fsp3) is 0.533. The Bertz CT molecular complexity index is 684. The number of hydrogen-bond donors (Lipinski definition) is 1. The number of sulfonamides is 1. The van der Waals surface area contributed by atoms with Crippen LogP contribution in [0.15, 0.2) is 11.0 Å². The number of benzene rings is 1. The largest absolute Gasteiger partial charge is 0.496 e. The number of aliphatic carboxylic acids is 1. The van der Waals surface area contributed by atoms with Crippen molar-refractivity contribution in [1.82, 2.24) is 4.31 Å². The second-order valence-corrected chi connectivity index (χ2v) is 7.26. The first kappa shape index (κ1) is 19.4. The third-order valence-corrected chi connectivity index (χ3v) is 5.63. The van der Waals surface area contributed by atoms with Gasteiger partial charge in [0.25, 0.3) is 0 Å². The Labute approximate surface area is 136 Å². The lowest BCUT2D eigenvalue weighted by molar-refractivity contribution is -0.142. The minimum absolute atomic E-state index is 0.00912. The fourth-order valence-corrected chi connectivity index (χ4v) is 3.76. The van der Waals surface area contributed by atoms with E-state index in [1.54, 1.807) is 27.0 Å². The highest BCUT2D eigenvalue weighted by atomic mass is 32.2. The molecule has 0 saturated carbocycles. The summed E-state index contributed by atoms with van der Waals surface area (Å²) in [5.41, 5.74) is 2.15. The number of carboxylic acid groups (broad SMARTS) is 1. The van der Waals surface area contributed by atoms with Gasteiger partial charge < -0.3 is 14.6 Å². The monoisotopic (exact) mass is 345 g/mol. The van der Waals surface area contributed by atoms with Crippen molar-refractivity contribution in [1.29, 1.82) is 0 Å². The molecule has 0 radical (unpaired) electrons. The number of methoxy groups -OCH3 is 1. The van der Waals surface area contributed by atoms with E-state index in [-0.39, 0.29) is 18.0 Å². The quantitative estimate of drug-likeness (QED) is 0.715. The summed E-state index contributed by atoms with van der Waals surface area (Å²) in [6.07, 6.45) is 0. The Kier molecular flexibility index (Phi) is 6.55. The van der Waals surface area contributed by atoms with Crippen LogP contribution in [-0.2, 0) is 19.6 Å². The number of carboxylic acids is 1. The zero-order valence-corrected chi connectivity index (χ0v) is 14.9. The highest BCUT2D eigenvalue weighted by molar-refractivity contribution is 7.89. The van der Waals surface area contributed by atoms with Crippen molar-refractivity contribution in [2.75, 3.05) is 33.9 Å². The summed E-state index contributed by atoms with van der Waals surface area (Å²) in [6.45, 7) is 4.97. The van der Waals surface area contributed by atoms with Gasteiger partial charge >= 0.3 is 5.97 Å². The third kappa shape index (κ3) is 4.43. The van der Waals surface area contributed by atoms with Gasteiger partial charge in [-0.2, -0.15) is 4.31 Å². The van der Waals surface area contributed by atoms with E-state index in [2.05, 4.69) is 0 Å². The van der Waals surface area contributed by atoms with E-state index >= 15 is 0 Å². The number of nitrogens with zero attached hydrogens (tertiary/aromatic N) is 1. The van der Waals surface area contributed by atoms with Gasteiger partial charge in [0.1, 0.15) is 12.4 Å². The summed E-state index contributed by atoms with van der Waals surface area (Å²) in [7, 11) is -0.701. The average Bonchev–Trinajstić information content (AvgIpc) is 2.47. The Morgan fingerprint density at radius 2 is 1.87 bits per heavy atom. The maximum Gasteiger partial charge on any atom is 0.329 e. The summed E-state index contributed by atoms with van der Waals surface area (Å²) in [6, 6.07) is 1.59. The fourth-order valence-electron chi connectivity index (χ4n) is 2.24. The van der Waals surface area contributed by atoms with Crippen LogP contribution < -0.4 is 4.74 Å². The van der Waals surface area contributed by atoms with Gasteiger partial charge in [-0.05, 0) is 43.5 Å². The molecule has 0 fully saturated rings. The van der Waals surface area contributed by atoms with Crippen LogP contribution in [0.25, 0.3) is 0 Å². The van der Waals surface area contributed by atoms with Crippen LogP contribution in [0.5, 0.6) is 5.75 Å². The zero-order chi connectivity index (χ0) is 17.8. The molecule has 130 valence electrons. The molecule has 0 saturated heterocycles. The molecule has 0 heterocycles. The Morgan fingerprint density at radius 3 is 2.39 bits per heavy atom. The highest BCUT2D eigenvalue weighted by Crippen LogP contribution is 2.31. The number of likely N-dealkylation sites (N-methyl/N-ethyl adjacent to an activating group) is 1. The molecule has 1 aromatic carbocycles. The van der Waals surface area contributed by atoms with Crippen molar-refractivity contribution >= 4 is 16.0 Å². The molecule has 8 heteroatoms. The molecular weight excluding hydrogens is 322 g/mol. The standard InChI is InChI=1S/C15H23NO6S/c1-10-8-13(11(2)12(3)15(10)21-5)23(19,20)16(4)6-7-22-9-14(17)18/h8H,6-7,9H2,1-5H3,(H,17,18). The molecule has 1 aromatic rings. The van der Waals surface area contributed by atoms with Crippen LogP contribution in [0.3, 0.4) is 0 Å². The van der Waals surface area contributed by atoms with Crippen LogP contribution in [0.1, 0.15) is 16.7 Å². The molecule has 0 aliphatic heterocycles. The summed E-state index contributed by atoms with van der Waals surface area (Å²) in [5.74, 6) is -0.415. The van der Waals surface area contributed by atoms with E-state index in [4.69, 9.17) is 14.6 Å². The van der Waals surface area contributed by atoms with E-state index in [1.807, 2.05) is 6.92 Å². The van der Waals surface area contributed by atoms with Crippen molar-refractivity contribution in [2.24, 2.45) is 0 Å². The lowest BCUT2D eigenvalue weighted by atomic mass is 10.1. The average molecular weight is 345 g/mol. The lowest BCUT2D eigenvalue weighted by Crippen LogP contribution is -2.31. The smallest absolute Gasteiger partial charge is 0.329 e. The van der Waals surface area contributed by atoms with Gasteiger partial charge in [-0.15, -0.1) is 0 Å². The molecule has 7 nitrogen and oxygen atoms in total. The van der Waals surface area contributed by atoms with Crippen molar-refractivity contribution in [3.05, 3.63) is 22.8 Å².